The van der Waals surface area contributed by atoms with Gasteiger partial charge in [-0.15, -0.1) is 0 Å². The summed E-state index contributed by atoms with van der Waals surface area (Å²) >= 11 is 0. The van der Waals surface area contributed by atoms with E-state index in [0.717, 1.165) is 23.2 Å². The summed E-state index contributed by atoms with van der Waals surface area (Å²) in [6.45, 7) is 4.56. The predicted molar refractivity (Wildman–Crippen MR) is 114 cm³/mol. The Hall–Kier alpha value is -3.62. The molecule has 2 heterocycles. The molecule has 2 amide bonds. The minimum Gasteiger partial charge on any atom is -0.335 e. The first-order chi connectivity index (χ1) is 15.2. The first-order valence-corrected chi connectivity index (χ1v) is 10.1. The van der Waals surface area contributed by atoms with Crippen LogP contribution in [-0.4, -0.2) is 39.4 Å². The molecule has 0 bridgehead atoms. The number of likely N-dealkylation sites (tertiary alicyclic amines) is 1. The number of carbonyl (C=O) groups excluding carboxylic acids is 2. The number of hydrogen-bond donors (Lipinski definition) is 1. The molecule has 4 rings (SSSR count). The quantitative estimate of drug-likeness (QED) is 0.602. The topological polar surface area (TPSA) is 67.2 Å². The summed E-state index contributed by atoms with van der Waals surface area (Å²) < 4.78 is 40.9. The molecule has 0 atom stereocenters. The Kier molecular flexibility index (Phi) is 5.50. The lowest BCUT2D eigenvalue weighted by Crippen LogP contribution is -2.50. The minimum absolute atomic E-state index is 0.0985. The number of nitrogens with one attached hydrogen (secondary N) is 1. The molecule has 1 N–H and O–H groups in total. The Labute approximate surface area is 182 Å². The number of anilines is 1. The van der Waals surface area contributed by atoms with E-state index in [1.807, 2.05) is 29.7 Å². The number of allylic oxidation sites excluding steroid dienone is 1. The van der Waals surface area contributed by atoms with Crippen LogP contribution < -0.4 is 5.32 Å². The van der Waals surface area contributed by atoms with Crippen LogP contribution in [0.1, 0.15) is 34.5 Å². The summed E-state index contributed by atoms with van der Waals surface area (Å²) in [5.74, 6) is -0.555. The second-order valence-corrected chi connectivity index (χ2v) is 7.73. The van der Waals surface area contributed by atoms with Crippen molar-refractivity contribution in [2.75, 3.05) is 18.4 Å². The highest BCUT2D eigenvalue weighted by Gasteiger charge is 2.34. The first kappa shape index (κ1) is 21.6. The van der Waals surface area contributed by atoms with Crippen LogP contribution in [0.4, 0.5) is 19.1 Å². The maximum Gasteiger partial charge on any atom is 0.416 e. The molecule has 0 spiro atoms. The van der Waals surface area contributed by atoms with Gasteiger partial charge in [-0.05, 0) is 55.8 Å². The van der Waals surface area contributed by atoms with Crippen LogP contribution in [0.3, 0.4) is 0 Å². The lowest BCUT2D eigenvalue weighted by molar-refractivity contribution is -0.137. The van der Waals surface area contributed by atoms with Crippen molar-refractivity contribution in [3.05, 3.63) is 71.3 Å². The SMILES string of the molecule is CC=CC(=O)N1CC(n2c(NC(=O)c3cccc(C(F)(F)F)c3)nc3cc(C)ccc32)C1. The highest BCUT2D eigenvalue weighted by Crippen LogP contribution is 2.32. The van der Waals surface area contributed by atoms with Crippen LogP contribution in [0.2, 0.25) is 0 Å². The van der Waals surface area contributed by atoms with Gasteiger partial charge in [-0.3, -0.25) is 14.9 Å². The smallest absolute Gasteiger partial charge is 0.335 e. The standard InChI is InChI=1S/C23H21F3N4O2/c1-3-5-20(31)29-12-17(13-29)30-19-9-8-14(2)10-18(19)27-22(30)28-21(32)15-6-4-7-16(11-15)23(24,25)26/h3-11,17H,12-13H2,1-2H3,(H,27,28,32). The Morgan fingerprint density at radius 3 is 2.59 bits per heavy atom. The molecule has 1 aliphatic rings. The molecule has 3 aromatic rings. The summed E-state index contributed by atoms with van der Waals surface area (Å²) in [5, 5.41) is 2.66. The lowest BCUT2D eigenvalue weighted by atomic mass is 10.1. The normalized spacial score (nSPS) is 14.7. The fourth-order valence-corrected chi connectivity index (χ4v) is 3.72. The molecule has 1 aliphatic heterocycles. The maximum absolute atomic E-state index is 13.0. The van der Waals surface area contributed by atoms with E-state index in [1.54, 1.807) is 17.9 Å². The Balaban J connectivity index is 1.65. The number of fused-ring (bicyclic) bond motifs is 1. The van der Waals surface area contributed by atoms with Crippen LogP contribution in [0.15, 0.2) is 54.6 Å². The molecular weight excluding hydrogens is 421 g/mol. The molecule has 32 heavy (non-hydrogen) atoms. The fraction of sp³-hybridized carbons (Fsp3) is 0.261. The molecular formula is C23H21F3N4O2. The van der Waals surface area contributed by atoms with E-state index in [0.29, 0.717) is 18.6 Å². The molecule has 0 radical (unpaired) electrons. The van der Waals surface area contributed by atoms with Gasteiger partial charge in [0.2, 0.25) is 11.9 Å². The number of rotatable bonds is 4. The average Bonchev–Trinajstić information content (AvgIpc) is 3.03. The van der Waals surface area contributed by atoms with Crippen molar-refractivity contribution in [3.63, 3.8) is 0 Å². The molecule has 2 aromatic carbocycles. The molecule has 166 valence electrons. The molecule has 0 unspecified atom stereocenters. The van der Waals surface area contributed by atoms with Gasteiger partial charge >= 0.3 is 6.18 Å². The van der Waals surface area contributed by atoms with Crippen molar-refractivity contribution < 1.29 is 22.8 Å². The molecule has 1 saturated heterocycles. The highest BCUT2D eigenvalue weighted by molar-refractivity contribution is 6.04. The third-order valence-electron chi connectivity index (χ3n) is 5.37. The molecule has 0 aliphatic carbocycles. The summed E-state index contributed by atoms with van der Waals surface area (Å²) in [7, 11) is 0. The molecule has 1 fully saturated rings. The zero-order valence-electron chi connectivity index (χ0n) is 17.5. The maximum atomic E-state index is 13.0. The van der Waals surface area contributed by atoms with Crippen molar-refractivity contribution >= 4 is 28.8 Å². The van der Waals surface area contributed by atoms with Gasteiger partial charge in [-0.1, -0.05) is 18.2 Å². The predicted octanol–water partition coefficient (Wildman–Crippen LogP) is 4.58. The first-order valence-electron chi connectivity index (χ1n) is 10.1. The van der Waals surface area contributed by atoms with Crippen LogP contribution >= 0.6 is 0 Å². The number of carbonyl (C=O) groups is 2. The Morgan fingerprint density at radius 2 is 1.91 bits per heavy atom. The Bertz CT molecular complexity index is 1220. The van der Waals surface area contributed by atoms with Gasteiger partial charge in [-0.25, -0.2) is 4.98 Å². The van der Waals surface area contributed by atoms with E-state index in [4.69, 9.17) is 0 Å². The summed E-state index contributed by atoms with van der Waals surface area (Å²) in [4.78, 5) is 31.0. The molecule has 6 nitrogen and oxygen atoms in total. The number of benzene rings is 2. The van der Waals surface area contributed by atoms with E-state index < -0.39 is 17.6 Å². The largest absolute Gasteiger partial charge is 0.416 e. The summed E-state index contributed by atoms with van der Waals surface area (Å²) in [6.07, 6.45) is -1.39. The van der Waals surface area contributed by atoms with E-state index in [-0.39, 0.29) is 23.5 Å². The fourth-order valence-electron chi connectivity index (χ4n) is 3.72. The van der Waals surface area contributed by atoms with E-state index >= 15 is 0 Å². The van der Waals surface area contributed by atoms with E-state index in [9.17, 15) is 22.8 Å². The number of nitrogens with zero attached hydrogens (tertiary/aromatic N) is 3. The van der Waals surface area contributed by atoms with Crippen LogP contribution in [-0.2, 0) is 11.0 Å². The second kappa shape index (κ2) is 8.14. The number of alkyl halides is 3. The van der Waals surface area contributed by atoms with Gasteiger partial charge in [0.15, 0.2) is 0 Å². The number of imidazole rings is 1. The van der Waals surface area contributed by atoms with Gasteiger partial charge in [0.1, 0.15) is 0 Å². The summed E-state index contributed by atoms with van der Waals surface area (Å²) in [6, 6.07) is 9.80. The number of hydrogen-bond acceptors (Lipinski definition) is 3. The third kappa shape index (κ3) is 4.10. The molecule has 9 heteroatoms. The van der Waals surface area contributed by atoms with Crippen LogP contribution in [0.25, 0.3) is 11.0 Å². The average molecular weight is 442 g/mol. The van der Waals surface area contributed by atoms with Crippen LogP contribution in [0.5, 0.6) is 0 Å². The lowest BCUT2D eigenvalue weighted by Gasteiger charge is -2.40. The zero-order chi connectivity index (χ0) is 23.0. The third-order valence-corrected chi connectivity index (χ3v) is 5.37. The van der Waals surface area contributed by atoms with Gasteiger partial charge in [-0.2, -0.15) is 13.2 Å². The van der Waals surface area contributed by atoms with Gasteiger partial charge in [0.25, 0.3) is 5.91 Å². The van der Waals surface area contributed by atoms with Crippen molar-refractivity contribution in [3.8, 4) is 0 Å². The van der Waals surface area contributed by atoms with Crippen molar-refractivity contribution in [1.82, 2.24) is 14.5 Å². The van der Waals surface area contributed by atoms with Crippen LogP contribution in [0, 0.1) is 6.92 Å². The summed E-state index contributed by atoms with van der Waals surface area (Å²) in [5.41, 5.74) is 1.40. The van der Waals surface area contributed by atoms with Gasteiger partial charge in [0.05, 0.1) is 22.6 Å². The van der Waals surface area contributed by atoms with E-state index in [2.05, 4.69) is 10.3 Å². The molecule has 1 aromatic heterocycles. The van der Waals surface area contributed by atoms with Gasteiger partial charge < -0.3 is 9.47 Å². The highest BCUT2D eigenvalue weighted by atomic mass is 19.4. The Morgan fingerprint density at radius 1 is 1.16 bits per heavy atom. The van der Waals surface area contributed by atoms with Gasteiger partial charge in [0, 0.05) is 18.7 Å². The zero-order valence-corrected chi connectivity index (χ0v) is 17.5. The van der Waals surface area contributed by atoms with E-state index in [1.165, 1.54) is 18.2 Å². The van der Waals surface area contributed by atoms with Crippen molar-refractivity contribution in [1.29, 1.82) is 0 Å². The monoisotopic (exact) mass is 442 g/mol. The number of halogens is 3. The number of amides is 2. The minimum atomic E-state index is -4.55. The number of aromatic nitrogens is 2. The second-order valence-electron chi connectivity index (χ2n) is 7.73. The number of aryl methyl sites for hydroxylation is 1. The molecule has 0 saturated carbocycles. The van der Waals surface area contributed by atoms with Crippen molar-refractivity contribution in [2.24, 2.45) is 0 Å². The van der Waals surface area contributed by atoms with Crippen molar-refractivity contribution in [2.45, 2.75) is 26.1 Å².